The minimum absolute atomic E-state index is 0.760. The van der Waals surface area contributed by atoms with E-state index in [2.05, 4.69) is 9.26 Å². The Balaban J connectivity index is 2.70. The van der Waals surface area contributed by atoms with Crippen molar-refractivity contribution in [3.05, 3.63) is 0 Å². The Hall–Kier alpha value is -1.15. The van der Waals surface area contributed by atoms with Gasteiger partial charge in [-0.05, 0) is 0 Å². The molecular weight excluding hydrogens is 357 g/mol. The third kappa shape index (κ3) is 6.05. The van der Waals surface area contributed by atoms with E-state index in [1.165, 1.54) is 0 Å². The highest BCUT2D eigenvalue weighted by atomic mass is 31.2. The highest BCUT2D eigenvalue weighted by Gasteiger charge is 2.46. The highest BCUT2D eigenvalue weighted by molar-refractivity contribution is 7.46. The number of carbonyl (C=O) groups excluding carboxylic acids is 1. The van der Waals surface area contributed by atoms with Crippen LogP contribution in [0.3, 0.4) is 0 Å². The molecule has 8 N–H and O–H groups in total. The zero-order chi connectivity index (χ0) is 18.7. The van der Waals surface area contributed by atoms with E-state index in [0.717, 1.165) is 0 Å². The molecule has 0 saturated carbocycles. The second-order valence-electron chi connectivity index (χ2n) is 4.94. The Morgan fingerprint density at radius 1 is 1.17 bits per heavy atom. The van der Waals surface area contributed by atoms with Crippen LogP contribution in [0.1, 0.15) is 6.42 Å². The van der Waals surface area contributed by atoms with Crippen molar-refractivity contribution >= 4 is 19.8 Å². The molecule has 24 heavy (non-hydrogen) atoms. The first-order valence-electron chi connectivity index (χ1n) is 6.50. The van der Waals surface area contributed by atoms with Crippen molar-refractivity contribution in [2.24, 2.45) is 5.73 Å². The maximum Gasteiger partial charge on any atom is 0.469 e. The van der Waals surface area contributed by atoms with E-state index < -0.39 is 69.5 Å². The number of hydrogen-bond donors (Lipinski definition) is 7. The third-order valence-electron chi connectivity index (χ3n) is 3.03. The molecule has 1 rings (SSSR count). The SMILES string of the molecule is NC(CC(=O)O[C@H]1O[C@H](COP(=O)(O)O)[C@@H](O)[C@H](O)[C@H]1O)C(=O)O. The highest BCUT2D eigenvalue weighted by Crippen LogP contribution is 2.37. The number of carbonyl (C=O) groups is 2. The van der Waals surface area contributed by atoms with Crippen LogP contribution in [0.25, 0.3) is 0 Å². The van der Waals surface area contributed by atoms with Gasteiger partial charge in [0.2, 0.25) is 6.29 Å². The molecule has 0 spiro atoms. The van der Waals surface area contributed by atoms with Gasteiger partial charge in [-0.1, -0.05) is 0 Å². The van der Waals surface area contributed by atoms with Crippen LogP contribution in [0, 0.1) is 0 Å². The molecular formula is C10H18NO12P. The van der Waals surface area contributed by atoms with E-state index >= 15 is 0 Å². The Bertz CT molecular complexity index is 508. The van der Waals surface area contributed by atoms with Gasteiger partial charge in [-0.25, -0.2) is 4.57 Å². The Morgan fingerprint density at radius 2 is 1.75 bits per heavy atom. The molecule has 14 heteroatoms. The maximum absolute atomic E-state index is 11.5. The lowest BCUT2D eigenvalue weighted by molar-refractivity contribution is -0.292. The topological polar surface area (TPSA) is 226 Å². The monoisotopic (exact) mass is 375 g/mol. The second-order valence-corrected chi connectivity index (χ2v) is 6.18. The molecule has 1 fully saturated rings. The minimum atomic E-state index is -4.90. The van der Waals surface area contributed by atoms with Crippen LogP contribution in [0.15, 0.2) is 0 Å². The first kappa shape index (κ1) is 20.9. The molecule has 0 amide bonds. The van der Waals surface area contributed by atoms with Crippen molar-refractivity contribution < 1.29 is 58.4 Å². The minimum Gasteiger partial charge on any atom is -0.480 e. The molecule has 1 unspecified atom stereocenters. The summed E-state index contributed by atoms with van der Waals surface area (Å²) in [5.74, 6) is -2.65. The summed E-state index contributed by atoms with van der Waals surface area (Å²) in [6, 6.07) is -1.57. The summed E-state index contributed by atoms with van der Waals surface area (Å²) < 4.78 is 24.3. The predicted octanol–water partition coefficient (Wildman–Crippen LogP) is -3.75. The van der Waals surface area contributed by atoms with Crippen molar-refractivity contribution in [3.63, 3.8) is 0 Å². The number of phosphoric acid groups is 1. The summed E-state index contributed by atoms with van der Waals surface area (Å²) >= 11 is 0. The quantitative estimate of drug-likeness (QED) is 0.168. The number of carboxylic acid groups (broad SMARTS) is 1. The first-order valence-corrected chi connectivity index (χ1v) is 8.03. The zero-order valence-electron chi connectivity index (χ0n) is 12.0. The number of nitrogens with two attached hydrogens (primary N) is 1. The summed E-state index contributed by atoms with van der Waals surface area (Å²) in [7, 11) is -4.90. The fourth-order valence-corrected chi connectivity index (χ4v) is 2.11. The summed E-state index contributed by atoms with van der Waals surface area (Å²) in [4.78, 5) is 39.3. The van der Waals surface area contributed by atoms with E-state index in [1.54, 1.807) is 0 Å². The lowest BCUT2D eigenvalue weighted by Gasteiger charge is -2.39. The van der Waals surface area contributed by atoms with Gasteiger partial charge in [0.05, 0.1) is 13.0 Å². The summed E-state index contributed by atoms with van der Waals surface area (Å²) in [5, 5.41) is 37.6. The predicted molar refractivity (Wildman–Crippen MR) is 71.0 cm³/mol. The average molecular weight is 375 g/mol. The van der Waals surface area contributed by atoms with Crippen molar-refractivity contribution in [3.8, 4) is 0 Å². The van der Waals surface area contributed by atoms with Crippen LogP contribution in [0.4, 0.5) is 0 Å². The van der Waals surface area contributed by atoms with E-state index in [-0.39, 0.29) is 0 Å². The lowest BCUT2D eigenvalue weighted by Crippen LogP contribution is -2.59. The van der Waals surface area contributed by atoms with Crippen LogP contribution in [-0.2, 0) is 28.2 Å². The fourth-order valence-electron chi connectivity index (χ4n) is 1.77. The average Bonchev–Trinajstić information content (AvgIpc) is 2.45. The molecule has 6 atom stereocenters. The molecule has 0 aromatic carbocycles. The number of phosphoric ester groups is 1. The van der Waals surface area contributed by atoms with Crippen molar-refractivity contribution in [1.29, 1.82) is 0 Å². The van der Waals surface area contributed by atoms with Gasteiger partial charge in [0, 0.05) is 0 Å². The Morgan fingerprint density at radius 3 is 2.25 bits per heavy atom. The smallest absolute Gasteiger partial charge is 0.469 e. The molecule has 0 radical (unpaired) electrons. The molecule has 0 aliphatic carbocycles. The van der Waals surface area contributed by atoms with Gasteiger partial charge < -0.3 is 45.4 Å². The molecule has 0 aromatic rings. The van der Waals surface area contributed by atoms with Crippen molar-refractivity contribution in [1.82, 2.24) is 0 Å². The second kappa shape index (κ2) is 8.29. The molecule has 0 aromatic heterocycles. The third-order valence-corrected chi connectivity index (χ3v) is 3.51. The van der Waals surface area contributed by atoms with Crippen LogP contribution < -0.4 is 5.73 Å². The number of aliphatic hydroxyl groups excluding tert-OH is 3. The van der Waals surface area contributed by atoms with E-state index in [1.807, 2.05) is 0 Å². The van der Waals surface area contributed by atoms with E-state index in [0.29, 0.717) is 0 Å². The molecule has 0 bridgehead atoms. The zero-order valence-corrected chi connectivity index (χ0v) is 12.9. The van der Waals surface area contributed by atoms with Crippen molar-refractivity contribution in [2.45, 2.75) is 43.2 Å². The van der Waals surface area contributed by atoms with Gasteiger partial charge in [-0.2, -0.15) is 0 Å². The number of rotatable bonds is 7. The molecule has 1 aliphatic heterocycles. The van der Waals surface area contributed by atoms with Gasteiger partial charge in [0.25, 0.3) is 0 Å². The molecule has 1 saturated heterocycles. The van der Waals surface area contributed by atoms with Crippen LogP contribution in [0.5, 0.6) is 0 Å². The van der Waals surface area contributed by atoms with Crippen LogP contribution in [-0.4, -0.2) is 85.5 Å². The number of esters is 1. The van der Waals surface area contributed by atoms with Gasteiger partial charge in [0.15, 0.2) is 0 Å². The van der Waals surface area contributed by atoms with Gasteiger partial charge in [0.1, 0.15) is 30.5 Å². The molecule has 140 valence electrons. The van der Waals surface area contributed by atoms with E-state index in [4.69, 9.17) is 25.4 Å². The number of carboxylic acids is 1. The fraction of sp³-hybridized carbons (Fsp3) is 0.800. The number of aliphatic carboxylic acids is 1. The Labute approximate surface area is 134 Å². The molecule has 1 heterocycles. The Kier molecular flexibility index (Phi) is 7.22. The normalized spacial score (nSPS) is 32.2. The summed E-state index contributed by atoms with van der Waals surface area (Å²) in [6.07, 6.45) is -9.69. The van der Waals surface area contributed by atoms with Crippen LogP contribution in [0.2, 0.25) is 0 Å². The first-order chi connectivity index (χ1) is 10.9. The molecule has 1 aliphatic rings. The van der Waals surface area contributed by atoms with Gasteiger partial charge >= 0.3 is 19.8 Å². The van der Waals surface area contributed by atoms with Crippen molar-refractivity contribution in [2.75, 3.05) is 6.61 Å². The van der Waals surface area contributed by atoms with Gasteiger partial charge in [-0.15, -0.1) is 0 Å². The number of aliphatic hydroxyl groups is 3. The summed E-state index contributed by atoms with van der Waals surface area (Å²) in [6.45, 7) is -0.877. The maximum atomic E-state index is 11.5. The standard InChI is InChI=1S/C10H18NO12P/c11-3(9(16)17)1-5(12)23-10-8(15)7(14)6(13)4(22-10)2-21-24(18,19)20/h3-4,6-8,10,13-15H,1-2,11H2,(H,16,17)(H2,18,19,20)/t3?,4-,6-,7+,8-,10-/m1/s1. The largest absolute Gasteiger partial charge is 0.480 e. The van der Waals surface area contributed by atoms with E-state index in [9.17, 15) is 29.5 Å². The van der Waals surface area contributed by atoms with Gasteiger partial charge in [-0.3, -0.25) is 14.1 Å². The number of ether oxygens (including phenoxy) is 2. The molecule has 13 nitrogen and oxygen atoms in total. The van der Waals surface area contributed by atoms with Crippen LogP contribution >= 0.6 is 7.82 Å². The summed E-state index contributed by atoms with van der Waals surface area (Å²) in [5.41, 5.74) is 5.13. The number of hydrogen-bond acceptors (Lipinski definition) is 10. The lowest BCUT2D eigenvalue weighted by atomic mass is 9.99.